The number of nitrogens with zero attached hydrogens (tertiary/aromatic N) is 3. The van der Waals surface area contributed by atoms with Crippen LogP contribution in [0.5, 0.6) is 5.75 Å². The largest absolute Gasteiger partial charge is 0.497 e. The molecule has 1 N–H and O–H groups in total. The van der Waals surface area contributed by atoms with Crippen molar-refractivity contribution in [2.24, 2.45) is 0 Å². The average molecular weight is 462 g/mol. The molecule has 2 heterocycles. The van der Waals surface area contributed by atoms with Crippen molar-refractivity contribution in [2.75, 3.05) is 38.2 Å². The van der Waals surface area contributed by atoms with Gasteiger partial charge in [0.15, 0.2) is 0 Å². The summed E-state index contributed by atoms with van der Waals surface area (Å²) in [5, 5.41) is 2.66. The Balaban J connectivity index is 1.48. The first kappa shape index (κ1) is 24.1. The molecule has 0 bridgehead atoms. The Morgan fingerprint density at radius 1 is 1.09 bits per heavy atom. The molecular weight excluding hydrogens is 437 g/mol. The molecule has 1 aliphatic rings. The number of carbonyl (C=O) groups is 2. The van der Waals surface area contributed by atoms with E-state index in [-0.39, 0.29) is 11.8 Å². The minimum atomic E-state index is -4.43. The number of ether oxygens (including phenoxy) is 1. The molecule has 1 atom stereocenters. The van der Waals surface area contributed by atoms with Crippen LogP contribution in [0.3, 0.4) is 0 Å². The SMILES string of the molecule is COc1ccc(/C=C/C(=O)NC(C)C(=O)N2CCN(c3ccc(C(F)(F)F)cn3)CC2)cc1. The second-order valence-electron chi connectivity index (χ2n) is 7.55. The molecule has 1 unspecified atom stereocenters. The monoisotopic (exact) mass is 462 g/mol. The average Bonchev–Trinajstić information content (AvgIpc) is 2.82. The van der Waals surface area contributed by atoms with Crippen LogP contribution in [-0.2, 0) is 15.8 Å². The maximum Gasteiger partial charge on any atom is 0.417 e. The van der Waals surface area contributed by atoms with Gasteiger partial charge in [0.25, 0.3) is 0 Å². The molecule has 1 saturated heterocycles. The molecule has 2 amide bonds. The van der Waals surface area contributed by atoms with Crippen molar-refractivity contribution in [1.29, 1.82) is 0 Å². The van der Waals surface area contributed by atoms with Gasteiger partial charge in [-0.25, -0.2) is 4.98 Å². The van der Waals surface area contributed by atoms with E-state index in [0.717, 1.165) is 17.8 Å². The smallest absolute Gasteiger partial charge is 0.417 e. The third-order valence-electron chi connectivity index (χ3n) is 5.26. The van der Waals surface area contributed by atoms with Crippen LogP contribution in [0.25, 0.3) is 6.08 Å². The molecule has 1 aromatic carbocycles. The highest BCUT2D eigenvalue weighted by Gasteiger charge is 2.31. The Morgan fingerprint density at radius 2 is 1.76 bits per heavy atom. The Labute approximate surface area is 189 Å². The summed E-state index contributed by atoms with van der Waals surface area (Å²) in [6.07, 6.45) is -0.618. The number of piperazine rings is 1. The second-order valence-corrected chi connectivity index (χ2v) is 7.55. The number of benzene rings is 1. The maximum atomic E-state index is 12.7. The number of rotatable bonds is 6. The normalized spacial score (nSPS) is 15.4. The molecule has 1 aliphatic heterocycles. The number of methoxy groups -OCH3 is 1. The first-order chi connectivity index (χ1) is 15.7. The molecule has 10 heteroatoms. The molecule has 7 nitrogen and oxygen atoms in total. The topological polar surface area (TPSA) is 74.8 Å². The fraction of sp³-hybridized carbons (Fsp3) is 0.348. The Bertz CT molecular complexity index is 984. The van der Waals surface area contributed by atoms with Gasteiger partial charge >= 0.3 is 6.18 Å². The van der Waals surface area contributed by atoms with Crippen molar-refractivity contribution in [1.82, 2.24) is 15.2 Å². The lowest BCUT2D eigenvalue weighted by Crippen LogP contribution is -2.54. The minimum absolute atomic E-state index is 0.221. The molecule has 33 heavy (non-hydrogen) atoms. The van der Waals surface area contributed by atoms with Crippen LogP contribution in [0.4, 0.5) is 19.0 Å². The highest BCUT2D eigenvalue weighted by Crippen LogP contribution is 2.29. The minimum Gasteiger partial charge on any atom is -0.497 e. The van der Waals surface area contributed by atoms with E-state index in [4.69, 9.17) is 4.74 Å². The summed E-state index contributed by atoms with van der Waals surface area (Å²) in [5.41, 5.74) is 0.0172. The quantitative estimate of drug-likeness (QED) is 0.669. The Kier molecular flexibility index (Phi) is 7.57. The van der Waals surface area contributed by atoms with Crippen molar-refractivity contribution in [3.05, 3.63) is 59.8 Å². The number of halogens is 3. The summed E-state index contributed by atoms with van der Waals surface area (Å²) in [4.78, 5) is 32.2. The van der Waals surface area contributed by atoms with Crippen molar-refractivity contribution >= 4 is 23.7 Å². The first-order valence-corrected chi connectivity index (χ1v) is 10.4. The van der Waals surface area contributed by atoms with Gasteiger partial charge in [0.1, 0.15) is 17.6 Å². The summed E-state index contributed by atoms with van der Waals surface area (Å²) in [6, 6.07) is 8.79. The predicted molar refractivity (Wildman–Crippen MR) is 118 cm³/mol. The molecule has 1 fully saturated rings. The summed E-state index contributed by atoms with van der Waals surface area (Å²) in [5.74, 6) is 0.533. The third kappa shape index (κ3) is 6.47. The molecule has 176 valence electrons. The van der Waals surface area contributed by atoms with Gasteiger partial charge in [-0.2, -0.15) is 13.2 Å². The first-order valence-electron chi connectivity index (χ1n) is 10.4. The predicted octanol–water partition coefficient (Wildman–Crippen LogP) is 2.98. The van der Waals surface area contributed by atoms with Gasteiger partial charge in [-0.3, -0.25) is 9.59 Å². The molecule has 3 rings (SSSR count). The van der Waals surface area contributed by atoms with E-state index in [1.165, 1.54) is 12.1 Å². The van der Waals surface area contributed by atoms with Crippen molar-refractivity contribution in [3.8, 4) is 5.75 Å². The summed E-state index contributed by atoms with van der Waals surface area (Å²) in [6.45, 7) is 3.24. The molecule has 0 saturated carbocycles. The van der Waals surface area contributed by atoms with Crippen molar-refractivity contribution in [2.45, 2.75) is 19.1 Å². The second kappa shape index (κ2) is 10.4. The third-order valence-corrected chi connectivity index (χ3v) is 5.26. The number of anilines is 1. The van der Waals surface area contributed by atoms with Crippen LogP contribution in [0, 0.1) is 0 Å². The number of hydrogen-bond acceptors (Lipinski definition) is 5. The van der Waals surface area contributed by atoms with E-state index in [2.05, 4.69) is 10.3 Å². The highest BCUT2D eigenvalue weighted by atomic mass is 19.4. The van der Waals surface area contributed by atoms with Crippen LogP contribution in [-0.4, -0.2) is 61.0 Å². The number of hydrogen-bond donors (Lipinski definition) is 1. The van der Waals surface area contributed by atoms with Gasteiger partial charge in [-0.15, -0.1) is 0 Å². The Hall–Kier alpha value is -3.56. The summed E-state index contributed by atoms with van der Waals surface area (Å²) < 4.78 is 43.2. The summed E-state index contributed by atoms with van der Waals surface area (Å²) in [7, 11) is 1.57. The van der Waals surface area contributed by atoms with Crippen LogP contribution >= 0.6 is 0 Å². The van der Waals surface area contributed by atoms with Gasteiger partial charge < -0.3 is 19.9 Å². The number of nitrogens with one attached hydrogen (secondary N) is 1. The van der Waals surface area contributed by atoms with E-state index in [1.807, 2.05) is 17.0 Å². The fourth-order valence-electron chi connectivity index (χ4n) is 3.38. The molecule has 0 spiro atoms. The van der Waals surface area contributed by atoms with Crippen molar-refractivity contribution < 1.29 is 27.5 Å². The summed E-state index contributed by atoms with van der Waals surface area (Å²) >= 11 is 0. The highest BCUT2D eigenvalue weighted by molar-refractivity contribution is 5.95. The van der Waals surface area contributed by atoms with Gasteiger partial charge in [0.05, 0.1) is 12.7 Å². The zero-order valence-electron chi connectivity index (χ0n) is 18.3. The van der Waals surface area contributed by atoms with E-state index >= 15 is 0 Å². The lowest BCUT2D eigenvalue weighted by molar-refractivity contribution is -0.138. The number of amides is 2. The van der Waals surface area contributed by atoms with E-state index in [1.54, 1.807) is 37.1 Å². The van der Waals surface area contributed by atoms with Crippen LogP contribution in [0.15, 0.2) is 48.7 Å². The molecule has 1 aromatic heterocycles. The van der Waals surface area contributed by atoms with Crippen LogP contribution in [0.2, 0.25) is 0 Å². The molecule has 2 aromatic rings. The number of aromatic nitrogens is 1. The zero-order chi connectivity index (χ0) is 24.0. The lowest BCUT2D eigenvalue weighted by atomic mass is 10.2. The fourth-order valence-corrected chi connectivity index (χ4v) is 3.38. The Morgan fingerprint density at radius 3 is 2.30 bits per heavy atom. The molecular formula is C23H25F3N4O3. The van der Waals surface area contributed by atoms with E-state index in [0.29, 0.717) is 37.7 Å². The molecule has 0 aliphatic carbocycles. The number of carbonyl (C=O) groups excluding carboxylic acids is 2. The van der Waals surface area contributed by atoms with Crippen LogP contribution in [0.1, 0.15) is 18.1 Å². The molecule has 0 radical (unpaired) electrons. The standard InChI is InChI=1S/C23H25F3N4O3/c1-16(28-21(31)10-5-17-3-7-19(33-2)8-4-17)22(32)30-13-11-29(12-14-30)20-9-6-18(15-27-20)23(24,25)26/h3-10,15-16H,11-14H2,1-2H3,(H,28,31)/b10-5+. The van der Waals surface area contributed by atoms with E-state index < -0.39 is 17.8 Å². The van der Waals surface area contributed by atoms with Crippen LogP contribution < -0.4 is 15.0 Å². The zero-order valence-corrected chi connectivity index (χ0v) is 18.3. The number of pyridine rings is 1. The lowest BCUT2D eigenvalue weighted by Gasteiger charge is -2.36. The van der Waals surface area contributed by atoms with E-state index in [9.17, 15) is 22.8 Å². The van der Waals surface area contributed by atoms with Gasteiger partial charge in [-0.05, 0) is 42.8 Å². The maximum absolute atomic E-state index is 12.7. The number of alkyl halides is 3. The van der Waals surface area contributed by atoms with Gasteiger partial charge in [0.2, 0.25) is 11.8 Å². The van der Waals surface area contributed by atoms with Crippen molar-refractivity contribution in [3.63, 3.8) is 0 Å². The van der Waals surface area contributed by atoms with Gasteiger partial charge in [-0.1, -0.05) is 12.1 Å². The van der Waals surface area contributed by atoms with Gasteiger partial charge in [0, 0.05) is 38.5 Å².